The lowest BCUT2D eigenvalue weighted by molar-refractivity contribution is 0.174. The molecule has 120 valence electrons. The van der Waals surface area contributed by atoms with E-state index in [4.69, 9.17) is 37.5 Å². The summed E-state index contributed by atoms with van der Waals surface area (Å²) in [5.41, 5.74) is 1.35. The van der Waals surface area contributed by atoms with Crippen molar-refractivity contribution < 1.29 is 14.3 Å². The van der Waals surface area contributed by atoms with E-state index in [0.29, 0.717) is 32.4 Å². The molecule has 4 rings (SSSR count). The van der Waals surface area contributed by atoms with Gasteiger partial charge in [-0.1, -0.05) is 28.4 Å². The number of hydrogen-bond acceptors (Lipinski definition) is 6. The van der Waals surface area contributed by atoms with E-state index in [2.05, 4.69) is 15.1 Å². The largest absolute Gasteiger partial charge is 0.454 e. The highest BCUT2D eigenvalue weighted by Gasteiger charge is 2.13. The third-order valence-electron chi connectivity index (χ3n) is 3.36. The third-order valence-corrected chi connectivity index (χ3v) is 3.86. The first-order valence-corrected chi connectivity index (χ1v) is 7.66. The van der Waals surface area contributed by atoms with Gasteiger partial charge in [-0.15, -0.1) is 0 Å². The van der Waals surface area contributed by atoms with Crippen LogP contribution < -0.4 is 14.3 Å². The van der Waals surface area contributed by atoms with Gasteiger partial charge in [0, 0.05) is 10.6 Å². The van der Waals surface area contributed by atoms with Crippen LogP contribution in [0.25, 0.3) is 10.9 Å². The first-order chi connectivity index (χ1) is 11.7. The van der Waals surface area contributed by atoms with E-state index >= 15 is 0 Å². The fourth-order valence-corrected chi connectivity index (χ4v) is 2.81. The average Bonchev–Trinajstić information content (AvgIpc) is 3.03. The zero-order chi connectivity index (χ0) is 16.5. The summed E-state index contributed by atoms with van der Waals surface area (Å²) in [6.45, 7) is 0.223. The van der Waals surface area contributed by atoms with Gasteiger partial charge in [-0.2, -0.15) is 4.98 Å². The Morgan fingerprint density at radius 1 is 1.08 bits per heavy atom. The van der Waals surface area contributed by atoms with Crippen LogP contribution in [0.4, 0.5) is 0 Å². The summed E-state index contributed by atoms with van der Waals surface area (Å²) in [5, 5.41) is 5.42. The number of nitrogens with zero attached hydrogens (tertiary/aromatic N) is 3. The fraction of sp³-hybridized carbons (Fsp3) is 0.0625. The normalized spacial score (nSPS) is 12.9. The van der Waals surface area contributed by atoms with Crippen molar-refractivity contribution in [3.63, 3.8) is 0 Å². The lowest BCUT2D eigenvalue weighted by Crippen LogP contribution is -1.93. The molecule has 1 aliphatic heterocycles. The standard InChI is InChI=1S/C16H9Cl2N3O3/c17-10-4-11-15(12(18)5-10)19-7-20-16(11)24-21-6-9-1-2-13-14(3-9)23-8-22-13/h1-7H,8H2/b21-6-. The van der Waals surface area contributed by atoms with Crippen LogP contribution in [-0.2, 0) is 0 Å². The van der Waals surface area contributed by atoms with Crippen LogP contribution in [-0.4, -0.2) is 23.0 Å². The first kappa shape index (κ1) is 15.0. The molecule has 0 unspecified atom stereocenters. The highest BCUT2D eigenvalue weighted by Crippen LogP contribution is 2.32. The molecule has 6 nitrogen and oxygen atoms in total. The Hall–Kier alpha value is -2.57. The maximum Gasteiger partial charge on any atom is 0.259 e. The lowest BCUT2D eigenvalue weighted by atomic mass is 10.2. The second-order valence-electron chi connectivity index (χ2n) is 4.90. The van der Waals surface area contributed by atoms with Crippen LogP contribution in [0.3, 0.4) is 0 Å². The van der Waals surface area contributed by atoms with Gasteiger partial charge in [0.2, 0.25) is 6.79 Å². The maximum atomic E-state index is 6.12. The summed E-state index contributed by atoms with van der Waals surface area (Å²) < 4.78 is 10.6. The van der Waals surface area contributed by atoms with Crippen molar-refractivity contribution in [3.8, 4) is 17.4 Å². The molecule has 3 aromatic rings. The summed E-state index contributed by atoms with van der Waals surface area (Å²) in [4.78, 5) is 13.6. The fourth-order valence-electron chi connectivity index (χ4n) is 2.27. The molecule has 0 radical (unpaired) electrons. The summed E-state index contributed by atoms with van der Waals surface area (Å²) in [7, 11) is 0. The van der Waals surface area contributed by atoms with Crippen LogP contribution in [0.5, 0.6) is 17.4 Å². The highest BCUT2D eigenvalue weighted by atomic mass is 35.5. The summed E-state index contributed by atoms with van der Waals surface area (Å²) in [6, 6.07) is 8.74. The lowest BCUT2D eigenvalue weighted by Gasteiger charge is -2.04. The minimum absolute atomic E-state index is 0.223. The Balaban J connectivity index is 1.61. The molecule has 1 aromatic heterocycles. The topological polar surface area (TPSA) is 65.8 Å². The zero-order valence-corrected chi connectivity index (χ0v) is 13.6. The van der Waals surface area contributed by atoms with Crippen molar-refractivity contribution in [1.82, 2.24) is 9.97 Å². The molecule has 0 aliphatic carbocycles. The number of oxime groups is 1. The van der Waals surface area contributed by atoms with Gasteiger partial charge in [0.25, 0.3) is 5.88 Å². The summed E-state index contributed by atoms with van der Waals surface area (Å²) in [6.07, 6.45) is 2.90. The van der Waals surface area contributed by atoms with Crippen LogP contribution >= 0.6 is 23.2 Å². The molecular weight excluding hydrogens is 353 g/mol. The maximum absolute atomic E-state index is 6.12. The van der Waals surface area contributed by atoms with Crippen molar-refractivity contribution in [2.24, 2.45) is 5.16 Å². The van der Waals surface area contributed by atoms with E-state index in [1.807, 2.05) is 12.1 Å². The van der Waals surface area contributed by atoms with E-state index < -0.39 is 0 Å². The van der Waals surface area contributed by atoms with E-state index in [-0.39, 0.29) is 12.7 Å². The SMILES string of the molecule is Clc1cc(Cl)c2ncnc(O/N=C\c3ccc4c(c3)OCO4)c2c1. The number of aromatic nitrogens is 2. The molecule has 24 heavy (non-hydrogen) atoms. The zero-order valence-electron chi connectivity index (χ0n) is 12.1. The van der Waals surface area contributed by atoms with Crippen molar-refractivity contribution in [1.29, 1.82) is 0 Å². The molecule has 8 heteroatoms. The monoisotopic (exact) mass is 361 g/mol. The molecule has 0 saturated heterocycles. The predicted molar refractivity (Wildman–Crippen MR) is 90.3 cm³/mol. The minimum atomic E-state index is 0.223. The Morgan fingerprint density at radius 3 is 2.88 bits per heavy atom. The second kappa shape index (κ2) is 6.14. The van der Waals surface area contributed by atoms with Gasteiger partial charge < -0.3 is 14.3 Å². The predicted octanol–water partition coefficient (Wildman–Crippen LogP) is 4.08. The molecule has 0 atom stereocenters. The Morgan fingerprint density at radius 2 is 1.96 bits per heavy atom. The minimum Gasteiger partial charge on any atom is -0.454 e. The summed E-state index contributed by atoms with van der Waals surface area (Å²) in [5.74, 6) is 1.64. The van der Waals surface area contributed by atoms with Crippen LogP contribution in [0.1, 0.15) is 5.56 Å². The van der Waals surface area contributed by atoms with Crippen LogP contribution in [0, 0.1) is 0 Å². The van der Waals surface area contributed by atoms with Crippen molar-refractivity contribution >= 4 is 40.3 Å². The molecule has 2 heterocycles. The van der Waals surface area contributed by atoms with Gasteiger partial charge in [-0.3, -0.25) is 0 Å². The van der Waals surface area contributed by atoms with Crippen LogP contribution in [0.15, 0.2) is 41.8 Å². The van der Waals surface area contributed by atoms with Gasteiger partial charge in [-0.25, -0.2) is 4.98 Å². The van der Waals surface area contributed by atoms with Crippen molar-refractivity contribution in [3.05, 3.63) is 52.3 Å². The highest BCUT2D eigenvalue weighted by molar-refractivity contribution is 6.38. The molecule has 0 amide bonds. The number of rotatable bonds is 3. The van der Waals surface area contributed by atoms with Gasteiger partial charge in [0.05, 0.1) is 22.1 Å². The second-order valence-corrected chi connectivity index (χ2v) is 5.74. The van der Waals surface area contributed by atoms with Gasteiger partial charge in [-0.05, 0) is 30.3 Å². The van der Waals surface area contributed by atoms with Gasteiger partial charge in [0.15, 0.2) is 11.5 Å². The smallest absolute Gasteiger partial charge is 0.259 e. The summed E-state index contributed by atoms with van der Waals surface area (Å²) >= 11 is 12.1. The van der Waals surface area contributed by atoms with Crippen molar-refractivity contribution in [2.45, 2.75) is 0 Å². The Labute approximate surface area is 146 Å². The molecule has 1 aliphatic rings. The molecular formula is C16H9Cl2N3O3. The molecule has 2 aromatic carbocycles. The molecule has 0 spiro atoms. The average molecular weight is 362 g/mol. The van der Waals surface area contributed by atoms with E-state index in [0.717, 1.165) is 5.56 Å². The molecule has 0 saturated carbocycles. The van der Waals surface area contributed by atoms with Crippen molar-refractivity contribution in [2.75, 3.05) is 6.79 Å². The number of fused-ring (bicyclic) bond motifs is 2. The number of ether oxygens (including phenoxy) is 2. The van der Waals surface area contributed by atoms with Gasteiger partial charge in [0.1, 0.15) is 6.33 Å². The van der Waals surface area contributed by atoms with E-state index in [1.165, 1.54) is 6.33 Å². The van der Waals surface area contributed by atoms with Crippen LogP contribution in [0.2, 0.25) is 10.0 Å². The molecule has 0 N–H and O–H groups in total. The van der Waals surface area contributed by atoms with Gasteiger partial charge >= 0.3 is 0 Å². The Kier molecular flexibility index (Phi) is 3.84. The Bertz CT molecular complexity index is 963. The van der Waals surface area contributed by atoms with E-state index in [9.17, 15) is 0 Å². The first-order valence-electron chi connectivity index (χ1n) is 6.90. The number of benzene rings is 2. The number of hydrogen-bond donors (Lipinski definition) is 0. The molecule has 0 fully saturated rings. The van der Waals surface area contributed by atoms with E-state index in [1.54, 1.807) is 24.4 Å². The molecule has 0 bridgehead atoms. The third kappa shape index (κ3) is 2.81. The number of halogens is 2. The quantitative estimate of drug-likeness (QED) is 0.519.